The molecule has 0 fully saturated rings. The van der Waals surface area contributed by atoms with Crippen LogP contribution in [0, 0.1) is 17.5 Å². The van der Waals surface area contributed by atoms with Crippen LogP contribution in [-0.4, -0.2) is 0 Å². The molecule has 0 heterocycles. The van der Waals surface area contributed by atoms with Gasteiger partial charge in [-0.2, -0.15) is 0 Å². The molecule has 0 amide bonds. The third-order valence-electron chi connectivity index (χ3n) is 3.30. The van der Waals surface area contributed by atoms with Gasteiger partial charge in [0.2, 0.25) is 0 Å². The lowest BCUT2D eigenvalue weighted by molar-refractivity contribution is 0.500. The first kappa shape index (κ1) is 13.4. The molecule has 0 nitrogen and oxygen atoms in total. The minimum Gasteiger partial charge on any atom is -0.206 e. The fourth-order valence-corrected chi connectivity index (χ4v) is 2.29. The van der Waals surface area contributed by atoms with E-state index in [4.69, 9.17) is 0 Å². The number of halogens is 3. The Kier molecular flexibility index (Phi) is 3.48. The molecule has 3 aromatic carbocycles. The molecule has 0 aromatic heterocycles. The Morgan fingerprint density at radius 1 is 0.571 bits per heavy atom. The Morgan fingerprint density at radius 2 is 1.10 bits per heavy atom. The average Bonchev–Trinajstić information content (AvgIpc) is 2.53. The lowest BCUT2D eigenvalue weighted by atomic mass is 9.97. The molecule has 0 aliphatic carbocycles. The Hall–Kier alpha value is -2.55. The smallest absolute Gasteiger partial charge is 0.169 e. The molecule has 0 saturated carbocycles. The van der Waals surface area contributed by atoms with E-state index in [0.717, 1.165) is 6.07 Å². The number of benzene rings is 3. The van der Waals surface area contributed by atoms with Gasteiger partial charge < -0.3 is 0 Å². The molecule has 0 radical (unpaired) electrons. The van der Waals surface area contributed by atoms with E-state index >= 15 is 0 Å². The molecule has 0 aliphatic heterocycles. The van der Waals surface area contributed by atoms with E-state index in [1.807, 2.05) is 0 Å². The summed E-state index contributed by atoms with van der Waals surface area (Å²) in [4.78, 5) is 0. The van der Waals surface area contributed by atoms with E-state index in [9.17, 15) is 13.2 Å². The zero-order valence-electron chi connectivity index (χ0n) is 11.0. The Bertz CT molecular complexity index is 765. The number of hydrogen-bond donors (Lipinski definition) is 0. The monoisotopic (exact) mass is 284 g/mol. The van der Waals surface area contributed by atoms with Crippen LogP contribution in [0.3, 0.4) is 0 Å². The molecule has 0 N–H and O–H groups in total. The third kappa shape index (κ3) is 2.42. The van der Waals surface area contributed by atoms with E-state index in [1.165, 1.54) is 0 Å². The third-order valence-corrected chi connectivity index (χ3v) is 3.30. The summed E-state index contributed by atoms with van der Waals surface area (Å²) in [7, 11) is 0. The Labute approximate surface area is 120 Å². The van der Waals surface area contributed by atoms with Gasteiger partial charge in [0.15, 0.2) is 11.6 Å². The first-order valence-corrected chi connectivity index (χ1v) is 6.47. The fraction of sp³-hybridized carbons (Fsp3) is 0. The number of rotatable bonds is 2. The molecule has 3 aromatic rings. The van der Waals surface area contributed by atoms with Gasteiger partial charge in [-0.1, -0.05) is 60.7 Å². The minimum atomic E-state index is -1.17. The first-order valence-electron chi connectivity index (χ1n) is 6.47. The molecule has 104 valence electrons. The zero-order valence-corrected chi connectivity index (χ0v) is 11.0. The van der Waals surface area contributed by atoms with Crippen LogP contribution in [-0.2, 0) is 0 Å². The van der Waals surface area contributed by atoms with Crippen molar-refractivity contribution in [3.05, 3.63) is 84.2 Å². The van der Waals surface area contributed by atoms with E-state index in [-0.39, 0.29) is 11.1 Å². The quantitative estimate of drug-likeness (QED) is 0.550. The highest BCUT2D eigenvalue weighted by molar-refractivity contribution is 5.74. The van der Waals surface area contributed by atoms with Crippen LogP contribution < -0.4 is 0 Å². The summed E-state index contributed by atoms with van der Waals surface area (Å²) in [5.74, 6) is -2.99. The predicted molar refractivity (Wildman–Crippen MR) is 77.2 cm³/mol. The van der Waals surface area contributed by atoms with Crippen molar-refractivity contribution in [3.8, 4) is 22.3 Å². The van der Waals surface area contributed by atoms with Gasteiger partial charge in [-0.25, -0.2) is 13.2 Å². The standard InChI is InChI=1S/C18H11F3/c19-15-11-14(12-7-3-1-4-8-12)17(20)16(18(15)21)13-9-5-2-6-10-13/h1-11H. The summed E-state index contributed by atoms with van der Waals surface area (Å²) >= 11 is 0. The zero-order chi connectivity index (χ0) is 14.8. The molecule has 0 atom stereocenters. The summed E-state index contributed by atoms with van der Waals surface area (Å²) in [6.07, 6.45) is 0. The maximum absolute atomic E-state index is 14.7. The maximum atomic E-state index is 14.7. The second-order valence-corrected chi connectivity index (χ2v) is 4.64. The molecule has 0 saturated heterocycles. The van der Waals surface area contributed by atoms with E-state index < -0.39 is 17.5 Å². The lowest BCUT2D eigenvalue weighted by Crippen LogP contribution is -1.98. The minimum absolute atomic E-state index is 0.0494. The summed E-state index contributed by atoms with van der Waals surface area (Å²) in [6.45, 7) is 0. The second-order valence-electron chi connectivity index (χ2n) is 4.64. The van der Waals surface area contributed by atoms with Gasteiger partial charge in [0.1, 0.15) is 5.82 Å². The van der Waals surface area contributed by atoms with Crippen LogP contribution >= 0.6 is 0 Å². The Balaban J connectivity index is 2.29. The summed E-state index contributed by atoms with van der Waals surface area (Å²) < 4.78 is 42.6. The van der Waals surface area contributed by atoms with Crippen LogP contribution in [0.15, 0.2) is 66.7 Å². The van der Waals surface area contributed by atoms with Crippen molar-refractivity contribution in [1.29, 1.82) is 0 Å². The second kappa shape index (κ2) is 5.44. The normalized spacial score (nSPS) is 10.6. The molecular weight excluding hydrogens is 273 g/mol. The van der Waals surface area contributed by atoms with Gasteiger partial charge in [0.05, 0.1) is 5.56 Å². The van der Waals surface area contributed by atoms with Crippen molar-refractivity contribution in [3.63, 3.8) is 0 Å². The molecule has 3 heteroatoms. The van der Waals surface area contributed by atoms with Crippen molar-refractivity contribution >= 4 is 0 Å². The largest absolute Gasteiger partial charge is 0.206 e. The average molecular weight is 284 g/mol. The predicted octanol–water partition coefficient (Wildman–Crippen LogP) is 5.44. The maximum Gasteiger partial charge on any atom is 0.169 e. The SMILES string of the molecule is Fc1cc(-c2ccccc2)c(F)c(-c2ccccc2)c1F. The number of hydrogen-bond acceptors (Lipinski definition) is 0. The van der Waals surface area contributed by atoms with Gasteiger partial charge >= 0.3 is 0 Å². The van der Waals surface area contributed by atoms with Crippen LogP contribution in [0.2, 0.25) is 0 Å². The molecule has 0 aliphatic rings. The van der Waals surface area contributed by atoms with Gasteiger partial charge in [-0.15, -0.1) is 0 Å². The van der Waals surface area contributed by atoms with Crippen molar-refractivity contribution in [2.45, 2.75) is 0 Å². The van der Waals surface area contributed by atoms with Crippen molar-refractivity contribution < 1.29 is 13.2 Å². The van der Waals surface area contributed by atoms with Crippen LogP contribution in [0.25, 0.3) is 22.3 Å². The molecule has 0 spiro atoms. The highest BCUT2D eigenvalue weighted by atomic mass is 19.2. The highest BCUT2D eigenvalue weighted by Gasteiger charge is 2.20. The molecule has 3 rings (SSSR count). The summed E-state index contributed by atoms with van der Waals surface area (Å²) in [5.41, 5.74) is 0.526. The van der Waals surface area contributed by atoms with Gasteiger partial charge in [0.25, 0.3) is 0 Å². The van der Waals surface area contributed by atoms with E-state index in [0.29, 0.717) is 11.1 Å². The van der Waals surface area contributed by atoms with Crippen LogP contribution in [0.4, 0.5) is 13.2 Å². The fourth-order valence-electron chi connectivity index (χ4n) is 2.29. The van der Waals surface area contributed by atoms with Gasteiger partial charge in [-0.05, 0) is 17.2 Å². The topological polar surface area (TPSA) is 0 Å². The Morgan fingerprint density at radius 3 is 1.67 bits per heavy atom. The van der Waals surface area contributed by atoms with Crippen molar-refractivity contribution in [1.82, 2.24) is 0 Å². The lowest BCUT2D eigenvalue weighted by Gasteiger charge is -2.11. The van der Waals surface area contributed by atoms with Crippen LogP contribution in [0.5, 0.6) is 0 Å². The molecule has 0 bridgehead atoms. The van der Waals surface area contributed by atoms with E-state index in [1.54, 1.807) is 60.7 Å². The van der Waals surface area contributed by atoms with Crippen LogP contribution in [0.1, 0.15) is 0 Å². The van der Waals surface area contributed by atoms with Crippen molar-refractivity contribution in [2.24, 2.45) is 0 Å². The van der Waals surface area contributed by atoms with E-state index in [2.05, 4.69) is 0 Å². The highest BCUT2D eigenvalue weighted by Crippen LogP contribution is 2.34. The molecular formula is C18H11F3. The van der Waals surface area contributed by atoms with Gasteiger partial charge in [-0.3, -0.25) is 0 Å². The molecule has 0 unspecified atom stereocenters. The molecule has 21 heavy (non-hydrogen) atoms. The first-order chi connectivity index (χ1) is 10.2. The summed E-state index contributed by atoms with van der Waals surface area (Å²) in [6, 6.07) is 17.6. The van der Waals surface area contributed by atoms with Gasteiger partial charge in [0, 0.05) is 5.56 Å². The summed E-state index contributed by atoms with van der Waals surface area (Å²) in [5, 5.41) is 0. The van der Waals surface area contributed by atoms with Crippen molar-refractivity contribution in [2.75, 3.05) is 0 Å².